The van der Waals surface area contributed by atoms with Gasteiger partial charge in [-0.2, -0.15) is 0 Å². The highest BCUT2D eigenvalue weighted by molar-refractivity contribution is 7.92. The van der Waals surface area contributed by atoms with Crippen LogP contribution < -0.4 is 4.72 Å². The van der Waals surface area contributed by atoms with Gasteiger partial charge in [-0.1, -0.05) is 0 Å². The van der Waals surface area contributed by atoms with Gasteiger partial charge in [0.1, 0.15) is 17.3 Å². The molecule has 0 fully saturated rings. The van der Waals surface area contributed by atoms with Crippen LogP contribution in [0.2, 0.25) is 0 Å². The van der Waals surface area contributed by atoms with E-state index in [1.165, 1.54) is 54.9 Å². The molecule has 0 aliphatic carbocycles. The predicted octanol–water partition coefficient (Wildman–Crippen LogP) is 4.14. The molecule has 32 heavy (non-hydrogen) atoms. The smallest absolute Gasteiger partial charge is 0.264 e. The normalized spacial score (nSPS) is 11.5. The molecule has 0 radical (unpaired) electrons. The molecule has 4 aromatic rings. The van der Waals surface area contributed by atoms with E-state index in [4.69, 9.17) is 4.42 Å². The number of nitrogens with zero attached hydrogens (tertiary/aromatic N) is 2. The number of sulfonamides is 1. The van der Waals surface area contributed by atoms with Gasteiger partial charge in [-0.3, -0.25) is 4.79 Å². The topological polar surface area (TPSA) is 122 Å². The van der Waals surface area contributed by atoms with Crippen LogP contribution in [0.5, 0.6) is 5.75 Å². The van der Waals surface area contributed by atoms with Gasteiger partial charge in [0.05, 0.1) is 4.90 Å². The molecule has 2 aromatic heterocycles. The molecule has 0 saturated heterocycles. The minimum Gasteiger partial charge on any atom is -0.508 e. The molecule has 4 rings (SSSR count). The number of carbonyl (C=O) groups is 1. The minimum absolute atomic E-state index is 0.0131. The Morgan fingerprint density at radius 1 is 0.938 bits per heavy atom. The standard InChI is InChI=1S/C23H17N3O5S/c27-18-6-2-16(3-7-18)21(28)12-8-19-9-13-22(31-19)17-4-10-20(11-5-17)32(29,30)26-23-24-14-1-15-25-23/h1-15,27H,(H,24,25,26). The number of ketones is 1. The zero-order chi connectivity index (χ0) is 22.6. The number of phenols is 1. The number of hydrogen-bond donors (Lipinski definition) is 2. The minimum atomic E-state index is -3.82. The van der Waals surface area contributed by atoms with E-state index in [1.807, 2.05) is 0 Å². The number of rotatable bonds is 7. The third kappa shape index (κ3) is 4.90. The van der Waals surface area contributed by atoms with Crippen LogP contribution in [0, 0.1) is 0 Å². The maximum Gasteiger partial charge on any atom is 0.264 e. The Balaban J connectivity index is 1.46. The van der Waals surface area contributed by atoms with Crippen LogP contribution in [-0.2, 0) is 10.0 Å². The van der Waals surface area contributed by atoms with Gasteiger partial charge in [-0.25, -0.2) is 23.1 Å². The molecule has 8 nitrogen and oxygen atoms in total. The van der Waals surface area contributed by atoms with Crippen molar-refractivity contribution in [2.75, 3.05) is 4.72 Å². The Labute approximate surface area is 184 Å². The lowest BCUT2D eigenvalue weighted by Gasteiger charge is -2.06. The molecule has 0 atom stereocenters. The van der Waals surface area contributed by atoms with Crippen molar-refractivity contribution in [3.05, 3.63) is 96.5 Å². The number of aromatic hydroxyl groups is 1. The molecule has 0 unspecified atom stereocenters. The van der Waals surface area contributed by atoms with Crippen molar-refractivity contribution in [1.82, 2.24) is 9.97 Å². The van der Waals surface area contributed by atoms with Crippen LogP contribution in [-0.4, -0.2) is 29.3 Å². The van der Waals surface area contributed by atoms with E-state index >= 15 is 0 Å². The Kier molecular flexibility index (Phi) is 5.82. The number of benzene rings is 2. The summed E-state index contributed by atoms with van der Waals surface area (Å²) in [4.78, 5) is 19.9. The van der Waals surface area contributed by atoms with Crippen molar-refractivity contribution >= 4 is 27.8 Å². The number of furan rings is 1. The molecule has 9 heteroatoms. The lowest BCUT2D eigenvalue weighted by molar-refractivity contribution is 0.104. The number of carbonyl (C=O) groups excluding carboxylic acids is 1. The fourth-order valence-corrected chi connectivity index (χ4v) is 3.76. The fraction of sp³-hybridized carbons (Fsp3) is 0. The molecule has 0 spiro atoms. The summed E-state index contributed by atoms with van der Waals surface area (Å²) >= 11 is 0. The maximum absolute atomic E-state index is 12.5. The second kappa shape index (κ2) is 8.86. The lowest BCUT2D eigenvalue weighted by atomic mass is 10.1. The summed E-state index contributed by atoms with van der Waals surface area (Å²) in [5.41, 5.74) is 1.11. The summed E-state index contributed by atoms with van der Waals surface area (Å²) in [5, 5.41) is 9.30. The van der Waals surface area contributed by atoms with Crippen LogP contribution >= 0.6 is 0 Å². The van der Waals surface area contributed by atoms with Crippen LogP contribution in [0.15, 0.2) is 94.5 Å². The zero-order valence-electron chi connectivity index (χ0n) is 16.5. The van der Waals surface area contributed by atoms with E-state index in [-0.39, 0.29) is 22.4 Å². The summed E-state index contributed by atoms with van der Waals surface area (Å²) in [7, 11) is -3.82. The summed E-state index contributed by atoms with van der Waals surface area (Å²) in [6.07, 6.45) is 5.80. The van der Waals surface area contributed by atoms with Crippen molar-refractivity contribution in [2.45, 2.75) is 4.90 Å². The van der Waals surface area contributed by atoms with E-state index in [0.717, 1.165) is 0 Å². The number of anilines is 1. The van der Waals surface area contributed by atoms with Crippen molar-refractivity contribution in [1.29, 1.82) is 0 Å². The van der Waals surface area contributed by atoms with E-state index < -0.39 is 10.0 Å². The molecule has 2 aromatic carbocycles. The molecular formula is C23H17N3O5S. The third-order valence-corrected chi connectivity index (χ3v) is 5.76. The summed E-state index contributed by atoms with van der Waals surface area (Å²) in [5.74, 6) is 0.828. The molecule has 0 bridgehead atoms. The summed E-state index contributed by atoms with van der Waals surface area (Å²) in [6.45, 7) is 0. The number of aromatic nitrogens is 2. The van der Waals surface area contributed by atoms with Crippen LogP contribution in [0.25, 0.3) is 17.4 Å². The zero-order valence-corrected chi connectivity index (χ0v) is 17.4. The Bertz CT molecular complexity index is 1360. The van der Waals surface area contributed by atoms with Crippen LogP contribution in [0.1, 0.15) is 16.1 Å². The molecule has 0 amide bonds. The largest absolute Gasteiger partial charge is 0.508 e. The van der Waals surface area contributed by atoms with E-state index in [0.29, 0.717) is 22.6 Å². The maximum atomic E-state index is 12.5. The van der Waals surface area contributed by atoms with Gasteiger partial charge in [0.2, 0.25) is 5.95 Å². The highest BCUT2D eigenvalue weighted by atomic mass is 32.2. The monoisotopic (exact) mass is 447 g/mol. The second-order valence-corrected chi connectivity index (χ2v) is 8.33. The summed E-state index contributed by atoms with van der Waals surface area (Å²) < 4.78 is 33.0. The molecule has 0 saturated carbocycles. The van der Waals surface area contributed by atoms with Crippen LogP contribution in [0.4, 0.5) is 5.95 Å². The van der Waals surface area contributed by atoms with Gasteiger partial charge < -0.3 is 9.52 Å². The average molecular weight is 447 g/mol. The Hall–Kier alpha value is -4.24. The number of hydrogen-bond acceptors (Lipinski definition) is 7. The predicted molar refractivity (Wildman–Crippen MR) is 118 cm³/mol. The highest BCUT2D eigenvalue weighted by Crippen LogP contribution is 2.25. The van der Waals surface area contributed by atoms with Gasteiger partial charge in [0, 0.05) is 23.5 Å². The quantitative estimate of drug-likeness (QED) is 0.322. The van der Waals surface area contributed by atoms with E-state index in [9.17, 15) is 18.3 Å². The van der Waals surface area contributed by atoms with Crippen molar-refractivity contribution in [3.63, 3.8) is 0 Å². The first-order chi connectivity index (χ1) is 15.4. The third-order valence-electron chi connectivity index (χ3n) is 4.42. The highest BCUT2D eigenvalue weighted by Gasteiger charge is 2.16. The van der Waals surface area contributed by atoms with E-state index in [1.54, 1.807) is 36.4 Å². The first kappa shape index (κ1) is 21.0. The first-order valence-electron chi connectivity index (χ1n) is 9.42. The molecule has 0 aliphatic rings. The Morgan fingerprint density at radius 3 is 2.31 bits per heavy atom. The second-order valence-electron chi connectivity index (χ2n) is 6.65. The van der Waals surface area contributed by atoms with Gasteiger partial charge in [0.25, 0.3) is 10.0 Å². The number of allylic oxidation sites excluding steroid dienone is 1. The fourth-order valence-electron chi connectivity index (χ4n) is 2.81. The molecule has 2 heterocycles. The van der Waals surface area contributed by atoms with Crippen LogP contribution in [0.3, 0.4) is 0 Å². The molecule has 0 aliphatic heterocycles. The Morgan fingerprint density at radius 2 is 1.62 bits per heavy atom. The van der Waals surface area contributed by atoms with Gasteiger partial charge >= 0.3 is 0 Å². The lowest BCUT2D eigenvalue weighted by Crippen LogP contribution is -2.14. The van der Waals surface area contributed by atoms with Crippen molar-refractivity contribution < 1.29 is 22.7 Å². The van der Waals surface area contributed by atoms with Gasteiger partial charge in [0.15, 0.2) is 5.78 Å². The van der Waals surface area contributed by atoms with Crippen molar-refractivity contribution in [3.8, 4) is 17.1 Å². The van der Waals surface area contributed by atoms with Gasteiger partial charge in [-0.05, 0) is 78.9 Å². The van der Waals surface area contributed by atoms with E-state index in [2.05, 4.69) is 14.7 Å². The average Bonchev–Trinajstić information content (AvgIpc) is 3.27. The molecule has 160 valence electrons. The van der Waals surface area contributed by atoms with Crippen molar-refractivity contribution in [2.24, 2.45) is 0 Å². The van der Waals surface area contributed by atoms with Gasteiger partial charge in [-0.15, -0.1) is 0 Å². The summed E-state index contributed by atoms with van der Waals surface area (Å²) in [6, 6.07) is 17.1. The molecular weight excluding hydrogens is 430 g/mol. The number of nitrogens with one attached hydrogen (secondary N) is 1. The first-order valence-corrected chi connectivity index (χ1v) is 10.9. The SMILES string of the molecule is O=C(C=Cc1ccc(-c2ccc(S(=O)(=O)Nc3ncccn3)cc2)o1)c1ccc(O)cc1. The number of phenolic OH excluding ortho intramolecular Hbond substituents is 1. The molecule has 2 N–H and O–H groups in total.